The first-order valence-corrected chi connectivity index (χ1v) is 11.9. The van der Waals surface area contributed by atoms with Crippen LogP contribution in [-0.4, -0.2) is 120 Å². The minimum Gasteiger partial charge on any atom is -0.464 e. The van der Waals surface area contributed by atoms with Crippen LogP contribution >= 0.6 is 0 Å². The highest BCUT2D eigenvalue weighted by Gasteiger charge is 2.43. The van der Waals surface area contributed by atoms with Gasteiger partial charge in [0.05, 0.1) is 12.0 Å². The number of carbonyl (C=O) groups is 3. The molecule has 3 fully saturated rings. The van der Waals surface area contributed by atoms with E-state index in [9.17, 15) is 19.5 Å². The predicted molar refractivity (Wildman–Crippen MR) is 119 cm³/mol. The van der Waals surface area contributed by atoms with Crippen LogP contribution in [0.4, 0.5) is 0 Å². The van der Waals surface area contributed by atoms with E-state index in [2.05, 4.69) is 0 Å². The van der Waals surface area contributed by atoms with Crippen LogP contribution in [0.25, 0.3) is 0 Å². The molecule has 3 saturated heterocycles. The highest BCUT2D eigenvalue weighted by Crippen LogP contribution is 2.26. The van der Waals surface area contributed by atoms with Crippen LogP contribution in [0, 0.1) is 5.41 Å². The third-order valence-electron chi connectivity index (χ3n) is 7.14. The van der Waals surface area contributed by atoms with Crippen LogP contribution in [0.5, 0.6) is 0 Å². The number of aliphatic hydroxyl groups is 1. The second kappa shape index (κ2) is 10.2. The highest BCUT2D eigenvalue weighted by molar-refractivity contribution is 5.77. The summed E-state index contributed by atoms with van der Waals surface area (Å²) in [5.41, 5.74) is -1.24. The van der Waals surface area contributed by atoms with Gasteiger partial charge in [-0.05, 0) is 41.5 Å². The lowest BCUT2D eigenvalue weighted by atomic mass is 9.92. The van der Waals surface area contributed by atoms with Gasteiger partial charge in [0.2, 0.25) is 0 Å². The van der Waals surface area contributed by atoms with Crippen molar-refractivity contribution in [3.05, 3.63) is 0 Å². The summed E-state index contributed by atoms with van der Waals surface area (Å²) in [5.74, 6) is -1.27. The Kier molecular flexibility index (Phi) is 8.03. The minimum atomic E-state index is -1.24. The standard InChI is InChI=1S/C23H39N3O7/c1-14-7-24(14)17(4)20(28)31-11-23(10-27,12-32-21(29)18(5)25-8-15(25)2)13-33-22(30)19(6)26-9-16(26)3/h14-19,27H,7-13H2,1-6H3. The van der Waals surface area contributed by atoms with Crippen LogP contribution in [0.15, 0.2) is 0 Å². The van der Waals surface area contributed by atoms with Gasteiger partial charge in [0.15, 0.2) is 0 Å². The molecular formula is C23H39N3O7. The van der Waals surface area contributed by atoms with Gasteiger partial charge in [-0.25, -0.2) is 0 Å². The molecule has 3 aliphatic rings. The number of rotatable bonds is 13. The summed E-state index contributed by atoms with van der Waals surface area (Å²) >= 11 is 0. The first-order valence-electron chi connectivity index (χ1n) is 11.9. The van der Waals surface area contributed by atoms with Crippen molar-refractivity contribution in [3.8, 4) is 0 Å². The molecule has 0 spiro atoms. The molecule has 3 aliphatic heterocycles. The van der Waals surface area contributed by atoms with Gasteiger partial charge in [-0.15, -0.1) is 0 Å². The van der Waals surface area contributed by atoms with Crippen LogP contribution < -0.4 is 0 Å². The van der Waals surface area contributed by atoms with Crippen molar-refractivity contribution in [3.63, 3.8) is 0 Å². The number of carbonyl (C=O) groups excluding carboxylic acids is 3. The normalized spacial score (nSPS) is 34.3. The number of aliphatic hydroxyl groups excluding tert-OH is 1. The lowest BCUT2D eigenvalue weighted by molar-refractivity contribution is -0.169. The molecule has 0 radical (unpaired) electrons. The maximum Gasteiger partial charge on any atom is 0.323 e. The lowest BCUT2D eigenvalue weighted by Crippen LogP contribution is -2.45. The second-order valence-corrected chi connectivity index (χ2v) is 10.1. The topological polar surface area (TPSA) is 108 Å². The molecule has 0 aromatic heterocycles. The minimum absolute atomic E-state index is 0.224. The lowest BCUT2D eigenvalue weighted by Gasteiger charge is -2.31. The van der Waals surface area contributed by atoms with Crippen molar-refractivity contribution in [2.75, 3.05) is 46.1 Å². The summed E-state index contributed by atoms with van der Waals surface area (Å²) in [6.45, 7) is 12.7. The van der Waals surface area contributed by atoms with E-state index in [4.69, 9.17) is 14.2 Å². The summed E-state index contributed by atoms with van der Waals surface area (Å²) in [7, 11) is 0. The van der Waals surface area contributed by atoms with Crippen molar-refractivity contribution in [2.24, 2.45) is 5.41 Å². The zero-order chi connectivity index (χ0) is 24.5. The fraction of sp³-hybridized carbons (Fsp3) is 0.870. The molecule has 188 valence electrons. The molecule has 3 rings (SSSR count). The van der Waals surface area contributed by atoms with Crippen molar-refractivity contribution >= 4 is 17.9 Å². The van der Waals surface area contributed by atoms with E-state index in [1.165, 1.54) is 0 Å². The van der Waals surface area contributed by atoms with E-state index in [1.54, 1.807) is 20.8 Å². The molecule has 9 unspecified atom stereocenters. The molecular weight excluding hydrogens is 430 g/mol. The monoisotopic (exact) mass is 469 g/mol. The third kappa shape index (κ3) is 6.44. The predicted octanol–water partition coefficient (Wildman–Crippen LogP) is -0.127. The Morgan fingerprint density at radius 1 is 0.727 bits per heavy atom. The van der Waals surface area contributed by atoms with Gasteiger partial charge < -0.3 is 19.3 Å². The molecule has 1 N–H and O–H groups in total. The summed E-state index contributed by atoms with van der Waals surface area (Å²) < 4.78 is 16.5. The molecule has 10 nitrogen and oxygen atoms in total. The van der Waals surface area contributed by atoms with Gasteiger partial charge in [0.25, 0.3) is 0 Å². The quantitative estimate of drug-likeness (QED) is 0.223. The van der Waals surface area contributed by atoms with Crippen LogP contribution in [0.1, 0.15) is 41.5 Å². The number of hydrogen-bond donors (Lipinski definition) is 1. The summed E-state index contributed by atoms with van der Waals surface area (Å²) in [4.78, 5) is 43.5. The van der Waals surface area contributed by atoms with Gasteiger partial charge in [0, 0.05) is 37.8 Å². The first kappa shape index (κ1) is 25.9. The van der Waals surface area contributed by atoms with Crippen molar-refractivity contribution in [1.29, 1.82) is 0 Å². The zero-order valence-electron chi connectivity index (χ0n) is 20.7. The van der Waals surface area contributed by atoms with Gasteiger partial charge in [-0.3, -0.25) is 29.1 Å². The van der Waals surface area contributed by atoms with E-state index in [0.717, 1.165) is 19.6 Å². The molecule has 3 heterocycles. The first-order chi connectivity index (χ1) is 15.5. The van der Waals surface area contributed by atoms with E-state index in [0.29, 0.717) is 18.1 Å². The van der Waals surface area contributed by atoms with E-state index in [1.807, 2.05) is 35.5 Å². The number of nitrogens with zero attached hydrogens (tertiary/aromatic N) is 3. The van der Waals surface area contributed by atoms with Crippen LogP contribution in [0.3, 0.4) is 0 Å². The Morgan fingerprint density at radius 3 is 1.15 bits per heavy atom. The maximum atomic E-state index is 12.5. The van der Waals surface area contributed by atoms with Crippen molar-refractivity contribution < 1.29 is 33.7 Å². The molecule has 0 amide bonds. The summed E-state index contributed by atoms with van der Waals surface area (Å²) in [6.07, 6.45) is 0. The van der Waals surface area contributed by atoms with Crippen molar-refractivity contribution in [2.45, 2.75) is 77.8 Å². The fourth-order valence-corrected chi connectivity index (χ4v) is 4.10. The zero-order valence-corrected chi connectivity index (χ0v) is 20.7. The second-order valence-electron chi connectivity index (χ2n) is 10.1. The van der Waals surface area contributed by atoms with Gasteiger partial charge >= 0.3 is 17.9 Å². The molecule has 10 heteroatoms. The SMILES string of the molecule is CC1CN1C(C)C(=O)OCC(CO)(COC(=O)C(C)N1CC1C)COC(=O)C(C)N1CC1C. The molecule has 0 aliphatic carbocycles. The number of esters is 3. The van der Waals surface area contributed by atoms with Crippen molar-refractivity contribution in [1.82, 2.24) is 14.7 Å². The average molecular weight is 470 g/mol. The van der Waals surface area contributed by atoms with Gasteiger partial charge in [-0.1, -0.05) is 0 Å². The Morgan fingerprint density at radius 2 is 0.970 bits per heavy atom. The van der Waals surface area contributed by atoms with E-state index >= 15 is 0 Å². The molecule has 0 bridgehead atoms. The smallest absolute Gasteiger partial charge is 0.323 e. The molecule has 9 atom stereocenters. The fourth-order valence-electron chi connectivity index (χ4n) is 4.10. The van der Waals surface area contributed by atoms with E-state index < -0.39 is 48.1 Å². The van der Waals surface area contributed by atoms with Crippen LogP contribution in [0.2, 0.25) is 0 Å². The van der Waals surface area contributed by atoms with E-state index in [-0.39, 0.29) is 19.8 Å². The number of ether oxygens (including phenoxy) is 3. The Labute approximate surface area is 196 Å². The molecule has 0 aromatic carbocycles. The largest absolute Gasteiger partial charge is 0.464 e. The Balaban J connectivity index is 1.60. The maximum absolute atomic E-state index is 12.5. The average Bonchev–Trinajstić information content (AvgIpc) is 3.73. The molecule has 0 saturated carbocycles. The summed E-state index contributed by atoms with van der Waals surface area (Å²) in [6, 6.07) is -0.224. The Hall–Kier alpha value is -1.75. The summed E-state index contributed by atoms with van der Waals surface area (Å²) in [5, 5.41) is 10.2. The van der Waals surface area contributed by atoms with Crippen LogP contribution in [-0.2, 0) is 28.6 Å². The third-order valence-corrected chi connectivity index (χ3v) is 7.14. The highest BCUT2D eigenvalue weighted by atomic mass is 16.6. The molecule has 0 aromatic rings. The van der Waals surface area contributed by atoms with Gasteiger partial charge in [-0.2, -0.15) is 0 Å². The van der Waals surface area contributed by atoms with Gasteiger partial charge in [0.1, 0.15) is 37.9 Å². The molecule has 33 heavy (non-hydrogen) atoms. The Bertz CT molecular complexity index is 654. The number of hydrogen-bond acceptors (Lipinski definition) is 10.